The average Bonchev–Trinajstić information content (AvgIpc) is 2.16. The molecule has 94 valence electrons. The zero-order valence-electron chi connectivity index (χ0n) is 10.4. The van der Waals surface area contributed by atoms with Gasteiger partial charge in [0, 0.05) is 12.5 Å². The highest BCUT2D eigenvalue weighted by Gasteiger charge is 2.33. The molecule has 0 bridgehead atoms. The van der Waals surface area contributed by atoms with Crippen LogP contribution in [-0.2, 0) is 9.59 Å². The van der Waals surface area contributed by atoms with E-state index in [0.717, 1.165) is 0 Å². The minimum absolute atomic E-state index is 0.153. The third kappa shape index (κ3) is 4.18. The van der Waals surface area contributed by atoms with Crippen molar-refractivity contribution < 1.29 is 14.7 Å². The molecule has 2 atom stereocenters. The molecule has 2 unspecified atom stereocenters. The summed E-state index contributed by atoms with van der Waals surface area (Å²) in [5.41, 5.74) is 4.54. The van der Waals surface area contributed by atoms with Crippen molar-refractivity contribution in [3.63, 3.8) is 0 Å². The molecule has 0 aromatic carbocycles. The van der Waals surface area contributed by atoms with Crippen molar-refractivity contribution >= 4 is 11.9 Å². The van der Waals surface area contributed by atoms with Crippen molar-refractivity contribution in [1.82, 2.24) is 5.32 Å². The van der Waals surface area contributed by atoms with Crippen LogP contribution in [0.4, 0.5) is 0 Å². The van der Waals surface area contributed by atoms with E-state index < -0.39 is 11.5 Å². The van der Waals surface area contributed by atoms with Crippen LogP contribution in [0.1, 0.15) is 40.5 Å². The summed E-state index contributed by atoms with van der Waals surface area (Å²) in [5.74, 6) is -1.14. The monoisotopic (exact) mass is 230 g/mol. The van der Waals surface area contributed by atoms with Gasteiger partial charge >= 0.3 is 5.97 Å². The van der Waals surface area contributed by atoms with Gasteiger partial charge < -0.3 is 16.2 Å². The fraction of sp³-hybridized carbons (Fsp3) is 0.818. The number of nitrogens with two attached hydrogens (primary N) is 1. The van der Waals surface area contributed by atoms with Crippen LogP contribution in [0.25, 0.3) is 0 Å². The first-order valence-corrected chi connectivity index (χ1v) is 5.53. The standard InChI is InChI=1S/C11H22N2O3/c1-5-11(4,10(15)16)13-9(14)6-8(12)7(2)3/h7-8H,5-6,12H2,1-4H3,(H,13,14)(H,15,16). The summed E-state index contributed by atoms with van der Waals surface area (Å²) in [6, 6.07) is -0.241. The van der Waals surface area contributed by atoms with E-state index in [1.807, 2.05) is 13.8 Å². The number of hydrogen-bond acceptors (Lipinski definition) is 3. The number of nitrogens with one attached hydrogen (secondary N) is 1. The van der Waals surface area contributed by atoms with Gasteiger partial charge in [0.2, 0.25) is 5.91 Å². The van der Waals surface area contributed by atoms with E-state index in [1.54, 1.807) is 6.92 Å². The van der Waals surface area contributed by atoms with Crippen molar-refractivity contribution in [2.45, 2.75) is 52.1 Å². The lowest BCUT2D eigenvalue weighted by molar-refractivity contribution is -0.147. The van der Waals surface area contributed by atoms with E-state index in [9.17, 15) is 9.59 Å². The van der Waals surface area contributed by atoms with Gasteiger partial charge in [-0.3, -0.25) is 4.79 Å². The largest absolute Gasteiger partial charge is 0.480 e. The number of aliphatic carboxylic acids is 1. The van der Waals surface area contributed by atoms with Gasteiger partial charge in [0.15, 0.2) is 0 Å². The molecule has 0 aromatic rings. The fourth-order valence-electron chi connectivity index (χ4n) is 1.10. The van der Waals surface area contributed by atoms with Gasteiger partial charge in [0.05, 0.1) is 0 Å². The van der Waals surface area contributed by atoms with Gasteiger partial charge in [-0.25, -0.2) is 4.79 Å². The van der Waals surface area contributed by atoms with Gasteiger partial charge in [0.25, 0.3) is 0 Å². The van der Waals surface area contributed by atoms with Crippen LogP contribution in [0.2, 0.25) is 0 Å². The normalized spacial score (nSPS) is 16.6. The predicted octanol–water partition coefficient (Wildman–Crippen LogP) is 0.729. The van der Waals surface area contributed by atoms with Crippen LogP contribution in [-0.4, -0.2) is 28.6 Å². The van der Waals surface area contributed by atoms with Crippen molar-refractivity contribution in [2.24, 2.45) is 11.7 Å². The summed E-state index contributed by atoms with van der Waals surface area (Å²) in [5, 5.41) is 11.5. The Morgan fingerprint density at radius 3 is 2.25 bits per heavy atom. The number of rotatable bonds is 6. The molecule has 0 spiro atoms. The second-order valence-electron chi connectivity index (χ2n) is 4.65. The Balaban J connectivity index is 4.38. The lowest BCUT2D eigenvalue weighted by Crippen LogP contribution is -2.52. The summed E-state index contributed by atoms with van der Waals surface area (Å²) in [6.07, 6.45) is 0.492. The Morgan fingerprint density at radius 1 is 1.44 bits per heavy atom. The van der Waals surface area contributed by atoms with Crippen molar-refractivity contribution in [3.8, 4) is 0 Å². The molecule has 1 amide bonds. The number of carboxylic acid groups (broad SMARTS) is 1. The van der Waals surface area contributed by atoms with Crippen LogP contribution in [0, 0.1) is 5.92 Å². The molecular formula is C11H22N2O3. The van der Waals surface area contributed by atoms with Gasteiger partial charge in [-0.15, -0.1) is 0 Å². The molecule has 0 radical (unpaired) electrons. The maximum absolute atomic E-state index is 11.6. The molecule has 0 aromatic heterocycles. The van der Waals surface area contributed by atoms with E-state index in [1.165, 1.54) is 6.92 Å². The number of carbonyl (C=O) groups is 2. The van der Waals surface area contributed by atoms with E-state index in [-0.39, 0.29) is 24.3 Å². The molecule has 0 rings (SSSR count). The molecule has 0 aliphatic heterocycles. The van der Waals surface area contributed by atoms with E-state index in [0.29, 0.717) is 6.42 Å². The van der Waals surface area contributed by atoms with E-state index in [2.05, 4.69) is 5.32 Å². The Hall–Kier alpha value is -1.10. The Kier molecular flexibility index (Phi) is 5.44. The topological polar surface area (TPSA) is 92.4 Å². The second-order valence-corrected chi connectivity index (χ2v) is 4.65. The summed E-state index contributed by atoms with van der Waals surface area (Å²) in [6.45, 7) is 7.06. The fourth-order valence-corrected chi connectivity index (χ4v) is 1.10. The third-order valence-corrected chi connectivity index (χ3v) is 2.87. The molecule has 0 heterocycles. The van der Waals surface area contributed by atoms with Crippen LogP contribution >= 0.6 is 0 Å². The van der Waals surface area contributed by atoms with Crippen LogP contribution < -0.4 is 11.1 Å². The molecule has 5 nitrogen and oxygen atoms in total. The van der Waals surface area contributed by atoms with Crippen molar-refractivity contribution in [2.75, 3.05) is 0 Å². The summed E-state index contributed by atoms with van der Waals surface area (Å²) >= 11 is 0. The Labute approximate surface area is 96.4 Å². The highest BCUT2D eigenvalue weighted by atomic mass is 16.4. The van der Waals surface area contributed by atoms with Crippen LogP contribution in [0.3, 0.4) is 0 Å². The maximum atomic E-state index is 11.6. The molecule has 0 saturated carbocycles. The highest BCUT2D eigenvalue weighted by molar-refractivity contribution is 5.86. The minimum Gasteiger partial charge on any atom is -0.480 e. The minimum atomic E-state index is -1.20. The quantitative estimate of drug-likeness (QED) is 0.627. The highest BCUT2D eigenvalue weighted by Crippen LogP contribution is 2.11. The molecule has 5 heteroatoms. The first-order valence-electron chi connectivity index (χ1n) is 5.53. The molecule has 0 saturated heterocycles. The zero-order chi connectivity index (χ0) is 12.9. The van der Waals surface area contributed by atoms with Gasteiger partial charge in [-0.1, -0.05) is 20.8 Å². The lowest BCUT2D eigenvalue weighted by Gasteiger charge is -2.26. The summed E-state index contributed by atoms with van der Waals surface area (Å²) in [4.78, 5) is 22.5. The number of carboxylic acids is 1. The predicted molar refractivity (Wildman–Crippen MR) is 61.9 cm³/mol. The SMILES string of the molecule is CCC(C)(NC(=O)CC(N)C(C)C)C(=O)O. The van der Waals surface area contributed by atoms with Gasteiger partial charge in [-0.2, -0.15) is 0 Å². The average molecular weight is 230 g/mol. The van der Waals surface area contributed by atoms with Crippen LogP contribution in [0.15, 0.2) is 0 Å². The molecule has 0 fully saturated rings. The lowest BCUT2D eigenvalue weighted by atomic mass is 9.97. The molecule has 0 aliphatic rings. The molecule has 0 aliphatic carbocycles. The third-order valence-electron chi connectivity index (χ3n) is 2.87. The Bertz CT molecular complexity index is 266. The number of carbonyl (C=O) groups excluding carboxylic acids is 1. The van der Waals surface area contributed by atoms with Gasteiger partial charge in [0.1, 0.15) is 5.54 Å². The smallest absolute Gasteiger partial charge is 0.329 e. The zero-order valence-corrected chi connectivity index (χ0v) is 10.4. The number of amides is 1. The second kappa shape index (κ2) is 5.84. The van der Waals surface area contributed by atoms with E-state index in [4.69, 9.17) is 10.8 Å². The van der Waals surface area contributed by atoms with E-state index >= 15 is 0 Å². The first kappa shape index (κ1) is 14.9. The molecule has 4 N–H and O–H groups in total. The maximum Gasteiger partial charge on any atom is 0.329 e. The van der Waals surface area contributed by atoms with Crippen molar-refractivity contribution in [1.29, 1.82) is 0 Å². The van der Waals surface area contributed by atoms with Crippen molar-refractivity contribution in [3.05, 3.63) is 0 Å². The molecular weight excluding hydrogens is 208 g/mol. The van der Waals surface area contributed by atoms with Crippen LogP contribution in [0.5, 0.6) is 0 Å². The summed E-state index contributed by atoms with van der Waals surface area (Å²) in [7, 11) is 0. The molecule has 16 heavy (non-hydrogen) atoms. The first-order chi connectivity index (χ1) is 7.23. The Morgan fingerprint density at radius 2 is 1.94 bits per heavy atom. The summed E-state index contributed by atoms with van der Waals surface area (Å²) < 4.78 is 0. The number of hydrogen-bond donors (Lipinski definition) is 3. The van der Waals surface area contributed by atoms with Gasteiger partial charge in [-0.05, 0) is 19.3 Å².